The largest absolute Gasteiger partial charge is 0.382 e. The van der Waals surface area contributed by atoms with E-state index in [0.29, 0.717) is 24.1 Å². The maximum absolute atomic E-state index is 12.5. The van der Waals surface area contributed by atoms with Crippen LogP contribution < -0.4 is 10.6 Å². The molecule has 2 aromatic rings. The molecular weight excluding hydrogens is 302 g/mol. The highest BCUT2D eigenvalue weighted by Gasteiger charge is 2.15. The summed E-state index contributed by atoms with van der Waals surface area (Å²) in [4.78, 5) is 12.5. The van der Waals surface area contributed by atoms with Crippen LogP contribution in [0.2, 0.25) is 0 Å². The van der Waals surface area contributed by atoms with Gasteiger partial charge < -0.3 is 15.2 Å². The van der Waals surface area contributed by atoms with Crippen molar-refractivity contribution in [1.82, 2.24) is 20.1 Å². The maximum atomic E-state index is 12.5. The average molecular weight is 329 g/mol. The summed E-state index contributed by atoms with van der Waals surface area (Å²) in [5.41, 5.74) is 2.63. The lowest BCUT2D eigenvalue weighted by Gasteiger charge is -2.21. The molecule has 1 aromatic carbocycles. The molecule has 1 heterocycles. The molecule has 0 saturated carbocycles. The van der Waals surface area contributed by atoms with Crippen molar-refractivity contribution < 1.29 is 4.79 Å². The molecule has 2 N–H and O–H groups in total. The quantitative estimate of drug-likeness (QED) is 0.855. The standard InChI is InChI=1S/C18H27N5O/c1-11(2)13(4)20-16-9-7-8-15(12(16)3)18(24)19-10-17-22-21-14(5)23(17)6/h7-9,11,13,20H,10H2,1-6H3,(H,19,24)/t13-/m0/s1. The number of aromatic nitrogens is 3. The van der Waals surface area contributed by atoms with Crippen LogP contribution in [0.3, 0.4) is 0 Å². The fraction of sp³-hybridized carbons (Fsp3) is 0.500. The third-order valence-electron chi connectivity index (χ3n) is 4.55. The molecule has 130 valence electrons. The van der Waals surface area contributed by atoms with Crippen molar-refractivity contribution in [2.45, 2.75) is 47.2 Å². The van der Waals surface area contributed by atoms with E-state index >= 15 is 0 Å². The average Bonchev–Trinajstić information content (AvgIpc) is 2.86. The predicted molar refractivity (Wildman–Crippen MR) is 96.0 cm³/mol. The summed E-state index contributed by atoms with van der Waals surface area (Å²) in [5, 5.41) is 14.5. The third kappa shape index (κ3) is 3.93. The van der Waals surface area contributed by atoms with E-state index in [-0.39, 0.29) is 5.91 Å². The zero-order valence-corrected chi connectivity index (χ0v) is 15.3. The molecule has 1 amide bonds. The first-order chi connectivity index (χ1) is 11.3. The van der Waals surface area contributed by atoms with E-state index in [1.807, 2.05) is 43.7 Å². The smallest absolute Gasteiger partial charge is 0.252 e. The Morgan fingerprint density at radius 1 is 1.21 bits per heavy atom. The van der Waals surface area contributed by atoms with Gasteiger partial charge in [-0.3, -0.25) is 4.79 Å². The van der Waals surface area contributed by atoms with Gasteiger partial charge in [0.2, 0.25) is 0 Å². The van der Waals surface area contributed by atoms with Gasteiger partial charge in [0.05, 0.1) is 6.54 Å². The Balaban J connectivity index is 2.10. The molecule has 1 aromatic heterocycles. The zero-order valence-electron chi connectivity index (χ0n) is 15.3. The first kappa shape index (κ1) is 18.0. The van der Waals surface area contributed by atoms with E-state index in [1.54, 1.807) is 0 Å². The molecule has 24 heavy (non-hydrogen) atoms. The Hall–Kier alpha value is -2.37. The number of carbonyl (C=O) groups is 1. The summed E-state index contributed by atoms with van der Waals surface area (Å²) in [5.74, 6) is 1.97. The Morgan fingerprint density at radius 3 is 2.50 bits per heavy atom. The van der Waals surface area contributed by atoms with Crippen LogP contribution in [-0.2, 0) is 13.6 Å². The molecule has 0 aliphatic carbocycles. The highest BCUT2D eigenvalue weighted by molar-refractivity contribution is 5.97. The van der Waals surface area contributed by atoms with Gasteiger partial charge in [-0.25, -0.2) is 0 Å². The Kier molecular flexibility index (Phi) is 5.59. The van der Waals surface area contributed by atoms with Gasteiger partial charge in [-0.15, -0.1) is 10.2 Å². The number of amides is 1. The van der Waals surface area contributed by atoms with Gasteiger partial charge in [0.15, 0.2) is 5.82 Å². The molecule has 0 bridgehead atoms. The van der Waals surface area contributed by atoms with Gasteiger partial charge in [0.25, 0.3) is 5.91 Å². The van der Waals surface area contributed by atoms with Crippen molar-refractivity contribution in [2.75, 3.05) is 5.32 Å². The minimum absolute atomic E-state index is 0.103. The zero-order chi connectivity index (χ0) is 17.9. The van der Waals surface area contributed by atoms with Crippen molar-refractivity contribution in [3.05, 3.63) is 41.0 Å². The van der Waals surface area contributed by atoms with Gasteiger partial charge >= 0.3 is 0 Å². The van der Waals surface area contributed by atoms with Crippen molar-refractivity contribution in [2.24, 2.45) is 13.0 Å². The number of nitrogens with one attached hydrogen (secondary N) is 2. The van der Waals surface area contributed by atoms with E-state index in [2.05, 4.69) is 41.6 Å². The lowest BCUT2D eigenvalue weighted by molar-refractivity contribution is 0.0949. The highest BCUT2D eigenvalue weighted by Crippen LogP contribution is 2.21. The predicted octanol–water partition coefficient (Wildman–Crippen LogP) is 2.82. The summed E-state index contributed by atoms with van der Waals surface area (Å²) in [6, 6.07) is 6.10. The minimum Gasteiger partial charge on any atom is -0.382 e. The molecule has 2 rings (SSSR count). The van der Waals surface area contributed by atoms with Crippen LogP contribution in [0.15, 0.2) is 18.2 Å². The van der Waals surface area contributed by atoms with Crippen molar-refractivity contribution in [3.8, 4) is 0 Å². The first-order valence-electron chi connectivity index (χ1n) is 8.30. The summed E-state index contributed by atoms with van der Waals surface area (Å²) < 4.78 is 1.87. The number of hydrogen-bond donors (Lipinski definition) is 2. The lowest BCUT2D eigenvalue weighted by Crippen LogP contribution is -2.26. The van der Waals surface area contributed by atoms with Crippen LogP contribution >= 0.6 is 0 Å². The summed E-state index contributed by atoms with van der Waals surface area (Å²) in [6.45, 7) is 10.7. The first-order valence-corrected chi connectivity index (χ1v) is 8.30. The monoisotopic (exact) mass is 329 g/mol. The van der Waals surface area contributed by atoms with Gasteiger partial charge in [0, 0.05) is 24.3 Å². The Bertz CT molecular complexity index is 720. The summed E-state index contributed by atoms with van der Waals surface area (Å²) in [6.07, 6.45) is 0. The molecule has 0 aliphatic rings. The molecule has 6 nitrogen and oxygen atoms in total. The highest BCUT2D eigenvalue weighted by atomic mass is 16.1. The van der Waals surface area contributed by atoms with Gasteiger partial charge in [-0.2, -0.15) is 0 Å². The van der Waals surface area contributed by atoms with E-state index in [0.717, 1.165) is 22.9 Å². The second-order valence-corrected chi connectivity index (χ2v) is 6.56. The van der Waals surface area contributed by atoms with E-state index in [9.17, 15) is 4.79 Å². The number of aryl methyl sites for hydroxylation is 1. The van der Waals surface area contributed by atoms with Crippen molar-refractivity contribution in [3.63, 3.8) is 0 Å². The van der Waals surface area contributed by atoms with Crippen LogP contribution in [-0.4, -0.2) is 26.7 Å². The van der Waals surface area contributed by atoms with Crippen LogP contribution in [0, 0.1) is 19.8 Å². The Labute approximate surface area is 143 Å². The Morgan fingerprint density at radius 2 is 1.92 bits per heavy atom. The third-order valence-corrected chi connectivity index (χ3v) is 4.55. The van der Waals surface area contributed by atoms with Crippen LogP contribution in [0.25, 0.3) is 0 Å². The molecule has 0 radical (unpaired) electrons. The van der Waals surface area contributed by atoms with Crippen LogP contribution in [0.4, 0.5) is 5.69 Å². The molecule has 0 unspecified atom stereocenters. The molecule has 0 spiro atoms. The van der Waals surface area contributed by atoms with E-state index in [4.69, 9.17) is 0 Å². The van der Waals surface area contributed by atoms with E-state index in [1.165, 1.54) is 0 Å². The lowest BCUT2D eigenvalue weighted by atomic mass is 10.0. The molecule has 0 saturated heterocycles. The summed E-state index contributed by atoms with van der Waals surface area (Å²) in [7, 11) is 1.89. The fourth-order valence-electron chi connectivity index (χ4n) is 2.31. The second-order valence-electron chi connectivity index (χ2n) is 6.56. The van der Waals surface area contributed by atoms with Gasteiger partial charge in [-0.05, 0) is 44.4 Å². The fourth-order valence-corrected chi connectivity index (χ4v) is 2.31. The number of benzene rings is 1. The number of carbonyl (C=O) groups excluding carboxylic acids is 1. The van der Waals surface area contributed by atoms with Crippen molar-refractivity contribution >= 4 is 11.6 Å². The van der Waals surface area contributed by atoms with Crippen LogP contribution in [0.5, 0.6) is 0 Å². The summed E-state index contributed by atoms with van der Waals surface area (Å²) >= 11 is 0. The number of rotatable bonds is 6. The van der Waals surface area contributed by atoms with Gasteiger partial charge in [-0.1, -0.05) is 19.9 Å². The maximum Gasteiger partial charge on any atom is 0.252 e. The molecule has 0 aliphatic heterocycles. The normalized spacial score (nSPS) is 12.3. The molecule has 1 atom stereocenters. The molecule has 6 heteroatoms. The molecule has 0 fully saturated rings. The topological polar surface area (TPSA) is 71.8 Å². The van der Waals surface area contributed by atoms with Crippen molar-refractivity contribution in [1.29, 1.82) is 0 Å². The molecular formula is C18H27N5O. The second kappa shape index (κ2) is 7.47. The number of hydrogen-bond acceptors (Lipinski definition) is 4. The van der Waals surface area contributed by atoms with E-state index < -0.39 is 0 Å². The SMILES string of the molecule is Cc1c(N[C@@H](C)C(C)C)cccc1C(=O)NCc1nnc(C)n1C. The van der Waals surface area contributed by atoms with Crippen LogP contribution in [0.1, 0.15) is 48.3 Å². The number of nitrogens with zero attached hydrogens (tertiary/aromatic N) is 3. The van der Waals surface area contributed by atoms with Gasteiger partial charge in [0.1, 0.15) is 5.82 Å². The minimum atomic E-state index is -0.103. The number of anilines is 1.